The summed E-state index contributed by atoms with van der Waals surface area (Å²) in [7, 11) is 2.11. The average molecular weight is 312 g/mol. The minimum Gasteiger partial charge on any atom is -0.371 e. The molecule has 0 radical (unpaired) electrons. The first-order chi connectivity index (χ1) is 11.1. The maximum Gasteiger partial charge on any atom is 0.278 e. The zero-order valence-corrected chi connectivity index (χ0v) is 13.1. The molecule has 2 fully saturated rings. The summed E-state index contributed by atoms with van der Waals surface area (Å²) in [6.07, 6.45) is 8.10. The van der Waals surface area contributed by atoms with Gasteiger partial charge in [-0.25, -0.2) is 0 Å². The lowest BCUT2D eigenvalue weighted by Crippen LogP contribution is -2.47. The summed E-state index contributed by atoms with van der Waals surface area (Å²) in [5.41, 5.74) is 1.18. The van der Waals surface area contributed by atoms with Gasteiger partial charge in [0.15, 0.2) is 0 Å². The van der Waals surface area contributed by atoms with E-state index in [2.05, 4.69) is 22.2 Å². The molecule has 2 bridgehead atoms. The molecule has 120 valence electrons. The van der Waals surface area contributed by atoms with Crippen LogP contribution < -0.4 is 10.2 Å². The van der Waals surface area contributed by atoms with E-state index in [0.717, 1.165) is 23.9 Å². The van der Waals surface area contributed by atoms with Crippen LogP contribution in [-0.4, -0.2) is 35.1 Å². The number of pyridine rings is 1. The van der Waals surface area contributed by atoms with Crippen molar-refractivity contribution in [1.29, 1.82) is 0 Å². The number of fused-ring (bicyclic) bond motifs is 3. The third kappa shape index (κ3) is 2.43. The number of nitrogens with one attached hydrogen (secondary N) is 1. The monoisotopic (exact) mass is 312 g/mol. The third-order valence-corrected chi connectivity index (χ3v) is 5.34. The first kappa shape index (κ1) is 14.4. The van der Waals surface area contributed by atoms with E-state index in [1.165, 1.54) is 12.8 Å². The maximum atomic E-state index is 11.2. The predicted molar refractivity (Wildman–Crippen MR) is 89.8 cm³/mol. The highest BCUT2D eigenvalue weighted by atomic mass is 16.6. The van der Waals surface area contributed by atoms with Crippen molar-refractivity contribution < 1.29 is 4.92 Å². The van der Waals surface area contributed by atoms with Crippen LogP contribution in [0, 0.1) is 10.1 Å². The van der Waals surface area contributed by atoms with E-state index < -0.39 is 0 Å². The summed E-state index contributed by atoms with van der Waals surface area (Å²) in [6.45, 7) is 0. The lowest BCUT2D eigenvalue weighted by atomic mass is 9.97. The van der Waals surface area contributed by atoms with Gasteiger partial charge in [0.05, 0.1) is 10.3 Å². The SMILES string of the molecule is CN(c1ccc([N+](=O)[O-])c2cnccc12)C1CC2CCC(C1)N2. The van der Waals surface area contributed by atoms with Crippen LogP contribution in [0.15, 0.2) is 30.6 Å². The zero-order valence-electron chi connectivity index (χ0n) is 13.1. The minimum absolute atomic E-state index is 0.121. The van der Waals surface area contributed by atoms with Crippen molar-refractivity contribution in [3.63, 3.8) is 0 Å². The number of anilines is 1. The topological polar surface area (TPSA) is 71.3 Å². The van der Waals surface area contributed by atoms with Gasteiger partial charge in [-0.15, -0.1) is 0 Å². The van der Waals surface area contributed by atoms with Gasteiger partial charge in [-0.1, -0.05) is 0 Å². The summed E-state index contributed by atoms with van der Waals surface area (Å²) in [6, 6.07) is 7.07. The lowest BCUT2D eigenvalue weighted by Gasteiger charge is -2.37. The Morgan fingerprint density at radius 3 is 2.65 bits per heavy atom. The number of aromatic nitrogens is 1. The summed E-state index contributed by atoms with van der Waals surface area (Å²) in [5.74, 6) is 0. The number of nitro benzene ring substituents is 1. The van der Waals surface area contributed by atoms with Gasteiger partial charge in [-0.05, 0) is 37.8 Å². The predicted octanol–water partition coefficient (Wildman–Crippen LogP) is 2.86. The van der Waals surface area contributed by atoms with Crippen molar-refractivity contribution in [3.8, 4) is 0 Å². The number of nitrogens with zero attached hydrogens (tertiary/aromatic N) is 3. The maximum absolute atomic E-state index is 11.2. The van der Waals surface area contributed by atoms with Crippen LogP contribution in [-0.2, 0) is 0 Å². The van der Waals surface area contributed by atoms with E-state index in [0.29, 0.717) is 23.5 Å². The number of rotatable bonds is 3. The van der Waals surface area contributed by atoms with Gasteiger partial charge < -0.3 is 10.2 Å². The fourth-order valence-electron chi connectivity index (χ4n) is 4.17. The molecule has 0 amide bonds. The van der Waals surface area contributed by atoms with Crippen molar-refractivity contribution >= 4 is 22.1 Å². The molecule has 1 aromatic heterocycles. The molecule has 6 nitrogen and oxygen atoms in total. The molecule has 2 aliphatic heterocycles. The molecule has 2 aliphatic rings. The minimum atomic E-state index is -0.335. The first-order valence-electron chi connectivity index (χ1n) is 8.13. The van der Waals surface area contributed by atoms with Gasteiger partial charge in [-0.2, -0.15) is 0 Å². The van der Waals surface area contributed by atoms with Crippen LogP contribution >= 0.6 is 0 Å². The third-order valence-electron chi connectivity index (χ3n) is 5.34. The van der Waals surface area contributed by atoms with Crippen molar-refractivity contribution in [2.45, 2.75) is 43.8 Å². The summed E-state index contributed by atoms with van der Waals surface area (Å²) >= 11 is 0. The first-order valence-corrected chi connectivity index (χ1v) is 8.13. The largest absolute Gasteiger partial charge is 0.371 e. The second-order valence-electron chi connectivity index (χ2n) is 6.66. The van der Waals surface area contributed by atoms with Gasteiger partial charge in [0.2, 0.25) is 0 Å². The quantitative estimate of drug-likeness (QED) is 0.697. The molecule has 3 heterocycles. The van der Waals surface area contributed by atoms with Crippen LogP contribution in [0.2, 0.25) is 0 Å². The highest BCUT2D eigenvalue weighted by Gasteiger charge is 2.35. The molecular formula is C17H20N4O2. The smallest absolute Gasteiger partial charge is 0.278 e. The second-order valence-corrected chi connectivity index (χ2v) is 6.66. The Morgan fingerprint density at radius 1 is 1.22 bits per heavy atom. The van der Waals surface area contributed by atoms with Crippen molar-refractivity contribution in [1.82, 2.24) is 10.3 Å². The second kappa shape index (κ2) is 5.45. The lowest BCUT2D eigenvalue weighted by molar-refractivity contribution is -0.383. The molecule has 23 heavy (non-hydrogen) atoms. The van der Waals surface area contributed by atoms with E-state index in [-0.39, 0.29) is 10.6 Å². The summed E-state index contributed by atoms with van der Waals surface area (Å²) in [4.78, 5) is 17.3. The number of benzene rings is 1. The molecule has 0 spiro atoms. The molecule has 2 atom stereocenters. The van der Waals surface area contributed by atoms with Crippen LogP contribution in [0.3, 0.4) is 0 Å². The van der Waals surface area contributed by atoms with Crippen LogP contribution in [0.5, 0.6) is 0 Å². The van der Waals surface area contributed by atoms with Gasteiger partial charge in [-0.3, -0.25) is 15.1 Å². The number of non-ortho nitro benzene ring substituents is 1. The molecule has 6 heteroatoms. The van der Waals surface area contributed by atoms with Crippen molar-refractivity contribution in [2.24, 2.45) is 0 Å². The van der Waals surface area contributed by atoms with E-state index in [4.69, 9.17) is 0 Å². The molecule has 1 N–H and O–H groups in total. The highest BCUT2D eigenvalue weighted by Crippen LogP contribution is 2.36. The Morgan fingerprint density at radius 2 is 1.96 bits per heavy atom. The molecule has 0 saturated carbocycles. The van der Waals surface area contributed by atoms with Crippen molar-refractivity contribution in [2.75, 3.05) is 11.9 Å². The molecule has 2 saturated heterocycles. The molecular weight excluding hydrogens is 292 g/mol. The molecule has 2 aromatic rings. The molecule has 2 unspecified atom stereocenters. The Hall–Kier alpha value is -2.21. The zero-order chi connectivity index (χ0) is 16.0. The van der Waals surface area contributed by atoms with E-state index in [1.807, 2.05) is 12.1 Å². The highest BCUT2D eigenvalue weighted by molar-refractivity contribution is 5.99. The Labute approximate surface area is 134 Å². The van der Waals surface area contributed by atoms with Gasteiger partial charge in [0.25, 0.3) is 5.69 Å². The summed E-state index contributed by atoms with van der Waals surface area (Å²) < 4.78 is 0. The van der Waals surface area contributed by atoms with Crippen LogP contribution in [0.25, 0.3) is 10.8 Å². The number of hydrogen-bond donors (Lipinski definition) is 1. The fourth-order valence-corrected chi connectivity index (χ4v) is 4.17. The number of hydrogen-bond acceptors (Lipinski definition) is 5. The van der Waals surface area contributed by atoms with Crippen LogP contribution in [0.4, 0.5) is 11.4 Å². The Kier molecular flexibility index (Phi) is 3.41. The normalized spacial score (nSPS) is 26.4. The van der Waals surface area contributed by atoms with E-state index in [9.17, 15) is 10.1 Å². The van der Waals surface area contributed by atoms with Gasteiger partial charge in [0.1, 0.15) is 0 Å². The average Bonchev–Trinajstić information content (AvgIpc) is 2.91. The standard InChI is InChI=1S/C17H20N4O2/c1-20(13-8-11-2-3-12(9-13)19-11)16-4-5-17(21(22)23)15-10-18-7-6-14(15)16/h4-7,10-13,19H,2-3,8-9H2,1H3. The van der Waals surface area contributed by atoms with Gasteiger partial charge in [0, 0.05) is 54.7 Å². The van der Waals surface area contributed by atoms with Crippen molar-refractivity contribution in [3.05, 3.63) is 40.7 Å². The summed E-state index contributed by atoms with van der Waals surface area (Å²) in [5, 5.41) is 16.4. The van der Waals surface area contributed by atoms with Gasteiger partial charge >= 0.3 is 0 Å². The molecule has 1 aromatic carbocycles. The number of nitro groups is 1. The molecule has 0 aliphatic carbocycles. The fraction of sp³-hybridized carbons (Fsp3) is 0.471. The van der Waals surface area contributed by atoms with Crippen LogP contribution in [0.1, 0.15) is 25.7 Å². The Balaban J connectivity index is 1.74. The number of piperidine rings is 1. The molecule has 4 rings (SSSR count). The Bertz CT molecular complexity index is 751. The van der Waals surface area contributed by atoms with E-state index in [1.54, 1.807) is 18.5 Å². The van der Waals surface area contributed by atoms with E-state index >= 15 is 0 Å².